The summed E-state index contributed by atoms with van der Waals surface area (Å²) in [6, 6.07) is 8.26. The zero-order valence-corrected chi connectivity index (χ0v) is 10.9. The van der Waals surface area contributed by atoms with E-state index in [2.05, 4.69) is 33.4 Å². The van der Waals surface area contributed by atoms with Crippen LogP contribution in [0.4, 0.5) is 0 Å². The van der Waals surface area contributed by atoms with Gasteiger partial charge in [-0.05, 0) is 24.7 Å². The van der Waals surface area contributed by atoms with Crippen LogP contribution in [0, 0.1) is 0 Å². The van der Waals surface area contributed by atoms with E-state index in [1.54, 1.807) is 0 Å². The van der Waals surface area contributed by atoms with Crippen LogP contribution < -0.4 is 5.32 Å². The summed E-state index contributed by atoms with van der Waals surface area (Å²) >= 11 is 3.43. The van der Waals surface area contributed by atoms with E-state index in [1.807, 2.05) is 19.2 Å². The van der Waals surface area contributed by atoms with E-state index in [1.165, 1.54) is 5.56 Å². The molecule has 1 atom stereocenters. The Bertz CT molecular complexity index is 324. The predicted molar refractivity (Wildman–Crippen MR) is 66.5 cm³/mol. The fourth-order valence-corrected chi connectivity index (χ4v) is 1.90. The van der Waals surface area contributed by atoms with Crippen LogP contribution in [0.15, 0.2) is 28.7 Å². The molecule has 1 aliphatic rings. The Morgan fingerprint density at radius 1 is 1.44 bits per heavy atom. The van der Waals surface area contributed by atoms with Gasteiger partial charge in [-0.25, -0.2) is 0 Å². The van der Waals surface area contributed by atoms with Crippen LogP contribution >= 0.6 is 15.9 Å². The number of likely N-dealkylation sites (N-methyl/N-ethyl adjacent to an activating group) is 1. The molecule has 0 aromatic heterocycles. The third-order valence-electron chi connectivity index (χ3n) is 2.60. The lowest BCUT2D eigenvalue weighted by Gasteiger charge is -2.30. The maximum absolute atomic E-state index is 5.95. The molecule has 1 aromatic rings. The molecule has 16 heavy (non-hydrogen) atoms. The highest BCUT2D eigenvalue weighted by Crippen LogP contribution is 2.23. The van der Waals surface area contributed by atoms with Crippen LogP contribution in [0.5, 0.6) is 0 Å². The molecule has 1 saturated heterocycles. The molecule has 1 heterocycles. The first-order valence-electron chi connectivity index (χ1n) is 5.43. The van der Waals surface area contributed by atoms with Gasteiger partial charge < -0.3 is 14.8 Å². The quantitative estimate of drug-likeness (QED) is 0.899. The summed E-state index contributed by atoms with van der Waals surface area (Å²) in [7, 11) is 1.94. The molecular formula is C12H16BrNO2. The number of halogens is 1. The van der Waals surface area contributed by atoms with Gasteiger partial charge in [-0.3, -0.25) is 0 Å². The van der Waals surface area contributed by atoms with Crippen LogP contribution in [-0.4, -0.2) is 32.9 Å². The fourth-order valence-electron chi connectivity index (χ4n) is 1.63. The van der Waals surface area contributed by atoms with E-state index in [0.29, 0.717) is 0 Å². The van der Waals surface area contributed by atoms with Crippen molar-refractivity contribution in [1.82, 2.24) is 5.32 Å². The lowest BCUT2D eigenvalue weighted by Crippen LogP contribution is -2.38. The minimum atomic E-state index is 0.104. The summed E-state index contributed by atoms with van der Waals surface area (Å²) in [5.74, 6) is 0. The van der Waals surface area contributed by atoms with Crippen molar-refractivity contribution in [3.05, 3.63) is 34.3 Å². The minimum Gasteiger partial charge on any atom is -0.376 e. The van der Waals surface area contributed by atoms with E-state index in [-0.39, 0.29) is 12.2 Å². The average Bonchev–Trinajstić information content (AvgIpc) is 2.23. The van der Waals surface area contributed by atoms with Crippen molar-refractivity contribution in [2.75, 3.05) is 26.8 Å². The molecule has 0 aliphatic carbocycles. The molecule has 0 amide bonds. The first kappa shape index (κ1) is 12.0. The topological polar surface area (TPSA) is 30.5 Å². The standard InChI is InChI=1S/C12H16BrNO2/c1-14-6-12(16-11-7-15-8-11)9-2-4-10(13)5-3-9/h2-5,11-12,14H,6-8H2,1H3. The highest BCUT2D eigenvalue weighted by Gasteiger charge is 2.23. The number of nitrogens with one attached hydrogen (secondary N) is 1. The first-order valence-corrected chi connectivity index (χ1v) is 6.22. The van der Waals surface area contributed by atoms with Crippen LogP contribution in [0.1, 0.15) is 11.7 Å². The van der Waals surface area contributed by atoms with Gasteiger partial charge in [0.2, 0.25) is 0 Å². The van der Waals surface area contributed by atoms with Crippen molar-refractivity contribution in [1.29, 1.82) is 0 Å². The maximum Gasteiger partial charge on any atom is 0.105 e. The normalized spacial score (nSPS) is 18.1. The highest BCUT2D eigenvalue weighted by atomic mass is 79.9. The van der Waals surface area contributed by atoms with Gasteiger partial charge in [0.15, 0.2) is 0 Å². The number of rotatable bonds is 5. The second kappa shape index (κ2) is 5.77. The number of hydrogen-bond acceptors (Lipinski definition) is 3. The summed E-state index contributed by atoms with van der Waals surface area (Å²) in [6.45, 7) is 2.26. The zero-order valence-electron chi connectivity index (χ0n) is 9.28. The van der Waals surface area contributed by atoms with Crippen LogP contribution in [0.25, 0.3) is 0 Å². The van der Waals surface area contributed by atoms with Gasteiger partial charge in [0.05, 0.1) is 19.3 Å². The molecule has 0 radical (unpaired) electrons. The zero-order chi connectivity index (χ0) is 11.4. The third-order valence-corrected chi connectivity index (χ3v) is 3.12. The van der Waals surface area contributed by atoms with Crippen LogP contribution in [0.3, 0.4) is 0 Å². The molecular weight excluding hydrogens is 270 g/mol. The van der Waals surface area contributed by atoms with Gasteiger partial charge in [-0.1, -0.05) is 28.1 Å². The second-order valence-corrected chi connectivity index (χ2v) is 4.81. The Morgan fingerprint density at radius 3 is 2.62 bits per heavy atom. The van der Waals surface area contributed by atoms with E-state index in [9.17, 15) is 0 Å². The lowest BCUT2D eigenvalue weighted by atomic mass is 10.1. The molecule has 0 spiro atoms. The van der Waals surface area contributed by atoms with E-state index < -0.39 is 0 Å². The maximum atomic E-state index is 5.95. The summed E-state index contributed by atoms with van der Waals surface area (Å²) in [5, 5.41) is 3.16. The van der Waals surface area contributed by atoms with Gasteiger partial charge in [-0.2, -0.15) is 0 Å². The molecule has 1 N–H and O–H groups in total. The molecule has 2 rings (SSSR count). The largest absolute Gasteiger partial charge is 0.376 e. The highest BCUT2D eigenvalue weighted by molar-refractivity contribution is 9.10. The van der Waals surface area contributed by atoms with Crippen molar-refractivity contribution in [2.45, 2.75) is 12.2 Å². The molecule has 1 unspecified atom stereocenters. The van der Waals surface area contributed by atoms with Gasteiger partial charge in [0, 0.05) is 11.0 Å². The number of benzene rings is 1. The van der Waals surface area contributed by atoms with Crippen molar-refractivity contribution in [3.8, 4) is 0 Å². The molecule has 0 saturated carbocycles. The van der Waals surface area contributed by atoms with Crippen molar-refractivity contribution < 1.29 is 9.47 Å². The molecule has 1 aliphatic heterocycles. The molecule has 3 nitrogen and oxygen atoms in total. The summed E-state index contributed by atoms with van der Waals surface area (Å²) in [4.78, 5) is 0. The van der Waals surface area contributed by atoms with Crippen LogP contribution in [-0.2, 0) is 9.47 Å². The summed E-state index contributed by atoms with van der Waals surface area (Å²) in [6.07, 6.45) is 0.356. The minimum absolute atomic E-state index is 0.104. The van der Waals surface area contributed by atoms with E-state index >= 15 is 0 Å². The van der Waals surface area contributed by atoms with E-state index in [4.69, 9.17) is 9.47 Å². The number of ether oxygens (including phenoxy) is 2. The van der Waals surface area contributed by atoms with Crippen molar-refractivity contribution in [3.63, 3.8) is 0 Å². The Kier molecular flexibility index (Phi) is 4.35. The molecule has 88 valence electrons. The van der Waals surface area contributed by atoms with Crippen LogP contribution in [0.2, 0.25) is 0 Å². The fraction of sp³-hybridized carbons (Fsp3) is 0.500. The molecule has 1 aromatic carbocycles. The predicted octanol–water partition coefficient (Wildman–Crippen LogP) is 2.12. The van der Waals surface area contributed by atoms with Gasteiger partial charge >= 0.3 is 0 Å². The monoisotopic (exact) mass is 285 g/mol. The molecule has 1 fully saturated rings. The second-order valence-electron chi connectivity index (χ2n) is 3.89. The Balaban J connectivity index is 2.01. The van der Waals surface area contributed by atoms with Crippen molar-refractivity contribution in [2.24, 2.45) is 0 Å². The average molecular weight is 286 g/mol. The van der Waals surface area contributed by atoms with Gasteiger partial charge in [0.25, 0.3) is 0 Å². The van der Waals surface area contributed by atoms with Crippen molar-refractivity contribution >= 4 is 15.9 Å². The van der Waals surface area contributed by atoms with E-state index in [0.717, 1.165) is 24.2 Å². The SMILES string of the molecule is CNCC(OC1COC1)c1ccc(Br)cc1. The Labute approximate surface area is 104 Å². The summed E-state index contributed by atoms with van der Waals surface area (Å²) < 4.78 is 12.2. The smallest absolute Gasteiger partial charge is 0.105 e. The lowest BCUT2D eigenvalue weighted by molar-refractivity contribution is -0.155. The summed E-state index contributed by atoms with van der Waals surface area (Å²) in [5.41, 5.74) is 1.20. The first-order chi connectivity index (χ1) is 7.79. The van der Waals surface area contributed by atoms with Gasteiger partial charge in [-0.15, -0.1) is 0 Å². The Hall–Kier alpha value is -0.420. The third kappa shape index (κ3) is 3.04. The molecule has 4 heteroatoms. The van der Waals surface area contributed by atoms with Gasteiger partial charge in [0.1, 0.15) is 6.10 Å². The Morgan fingerprint density at radius 2 is 2.12 bits per heavy atom. The number of hydrogen-bond donors (Lipinski definition) is 1. The molecule has 0 bridgehead atoms.